The first-order valence-corrected chi connectivity index (χ1v) is 10.1. The number of hydrogen-bond donors (Lipinski definition) is 2. The molecule has 134 valence electrons. The van der Waals surface area contributed by atoms with Gasteiger partial charge in [-0.2, -0.15) is 0 Å². The van der Waals surface area contributed by atoms with Gasteiger partial charge in [0.15, 0.2) is 0 Å². The van der Waals surface area contributed by atoms with Crippen LogP contribution in [0.2, 0.25) is 0 Å². The normalized spacial score (nSPS) is 14.2. The highest BCUT2D eigenvalue weighted by Crippen LogP contribution is 2.15. The van der Waals surface area contributed by atoms with Crippen LogP contribution in [-0.4, -0.2) is 22.4 Å². The average Bonchev–Trinajstić information content (AvgIpc) is 2.51. The van der Waals surface area contributed by atoms with E-state index in [0.29, 0.717) is 0 Å². The van der Waals surface area contributed by atoms with Crippen molar-refractivity contribution in [1.82, 2.24) is 0 Å². The molecule has 0 amide bonds. The van der Waals surface area contributed by atoms with Gasteiger partial charge in [0.25, 0.3) is 0 Å². The lowest BCUT2D eigenvalue weighted by Crippen LogP contribution is -2.07. The Morgan fingerprint density at radius 3 is 1.00 bits per heavy atom. The second-order valence-corrected chi connectivity index (χ2v) is 7.00. The zero-order chi connectivity index (χ0) is 16.5. The van der Waals surface area contributed by atoms with Crippen molar-refractivity contribution in [1.29, 1.82) is 0 Å². The summed E-state index contributed by atoms with van der Waals surface area (Å²) in [6, 6.07) is 0. The Morgan fingerprint density at radius 2 is 0.727 bits per heavy atom. The molecule has 0 saturated carbocycles. The molecule has 0 heterocycles. The van der Waals surface area contributed by atoms with Gasteiger partial charge < -0.3 is 10.2 Å². The van der Waals surface area contributed by atoms with E-state index in [4.69, 9.17) is 0 Å². The zero-order valence-corrected chi connectivity index (χ0v) is 15.4. The van der Waals surface area contributed by atoms with E-state index in [0.717, 1.165) is 38.5 Å². The molecular formula is C20H42O2. The smallest absolute Gasteiger partial charge is 0.0540 e. The van der Waals surface area contributed by atoms with E-state index in [9.17, 15) is 10.2 Å². The van der Waals surface area contributed by atoms with E-state index in [1.807, 2.05) is 0 Å². The molecule has 0 rings (SSSR count). The van der Waals surface area contributed by atoms with Crippen LogP contribution >= 0.6 is 0 Å². The van der Waals surface area contributed by atoms with Crippen LogP contribution < -0.4 is 0 Å². The summed E-state index contributed by atoms with van der Waals surface area (Å²) < 4.78 is 0. The van der Waals surface area contributed by atoms with E-state index in [2.05, 4.69) is 13.8 Å². The highest BCUT2D eigenvalue weighted by atomic mass is 16.3. The molecule has 0 aliphatic rings. The summed E-state index contributed by atoms with van der Waals surface area (Å²) in [6.45, 7) is 4.44. The van der Waals surface area contributed by atoms with Gasteiger partial charge in [0.2, 0.25) is 0 Å². The quantitative estimate of drug-likeness (QED) is 0.324. The van der Waals surface area contributed by atoms with Crippen molar-refractivity contribution >= 4 is 0 Å². The molecule has 0 spiro atoms. The van der Waals surface area contributed by atoms with Gasteiger partial charge in [-0.1, -0.05) is 90.9 Å². The van der Waals surface area contributed by atoms with Crippen molar-refractivity contribution in [2.75, 3.05) is 0 Å². The topological polar surface area (TPSA) is 40.5 Å². The molecule has 2 atom stereocenters. The molecule has 2 unspecified atom stereocenters. The van der Waals surface area contributed by atoms with E-state index in [1.165, 1.54) is 64.2 Å². The average molecular weight is 315 g/mol. The van der Waals surface area contributed by atoms with Crippen molar-refractivity contribution in [3.8, 4) is 0 Å². The molecule has 0 fully saturated rings. The van der Waals surface area contributed by atoms with Crippen molar-refractivity contribution < 1.29 is 10.2 Å². The molecule has 22 heavy (non-hydrogen) atoms. The van der Waals surface area contributed by atoms with Crippen molar-refractivity contribution in [3.05, 3.63) is 0 Å². The maximum absolute atomic E-state index is 9.89. The van der Waals surface area contributed by atoms with Crippen LogP contribution in [0.1, 0.15) is 117 Å². The predicted octanol–water partition coefficient (Wildman–Crippen LogP) is 5.99. The summed E-state index contributed by atoms with van der Waals surface area (Å²) in [5, 5.41) is 19.8. The fraction of sp³-hybridized carbons (Fsp3) is 1.00. The molecule has 0 aliphatic heterocycles. The lowest BCUT2D eigenvalue weighted by Gasteiger charge is -2.11. The number of aliphatic hydroxyl groups excluding tert-OH is 2. The van der Waals surface area contributed by atoms with Crippen LogP contribution in [0.3, 0.4) is 0 Å². The highest BCUT2D eigenvalue weighted by molar-refractivity contribution is 4.59. The van der Waals surface area contributed by atoms with E-state index >= 15 is 0 Å². The predicted molar refractivity (Wildman–Crippen MR) is 97.2 cm³/mol. The van der Waals surface area contributed by atoms with Crippen LogP contribution in [0, 0.1) is 0 Å². The van der Waals surface area contributed by atoms with Gasteiger partial charge in [0.05, 0.1) is 12.2 Å². The number of unbranched alkanes of at least 4 members (excludes halogenated alkanes) is 9. The van der Waals surface area contributed by atoms with Crippen molar-refractivity contribution in [2.24, 2.45) is 0 Å². The molecule has 0 bridgehead atoms. The van der Waals surface area contributed by atoms with Crippen LogP contribution in [0.4, 0.5) is 0 Å². The van der Waals surface area contributed by atoms with Gasteiger partial charge in [-0.25, -0.2) is 0 Å². The molecule has 0 aromatic carbocycles. The Bertz CT molecular complexity index is 184. The molecule has 0 aromatic rings. The lowest BCUT2D eigenvalue weighted by atomic mass is 10.0. The van der Waals surface area contributed by atoms with Gasteiger partial charge in [0, 0.05) is 0 Å². The highest BCUT2D eigenvalue weighted by Gasteiger charge is 2.05. The minimum Gasteiger partial charge on any atom is -0.393 e. The second kappa shape index (κ2) is 17.3. The summed E-state index contributed by atoms with van der Waals surface area (Å²) in [5.41, 5.74) is 0. The third kappa shape index (κ3) is 16.3. The molecule has 0 saturated heterocycles. The third-order valence-corrected chi connectivity index (χ3v) is 4.61. The van der Waals surface area contributed by atoms with Crippen LogP contribution in [0.5, 0.6) is 0 Å². The standard InChI is InChI=1S/C20H42O2/c1-3-5-7-11-15-19(21)17-13-9-10-14-18-20(22)16-12-8-6-4-2/h19-22H,3-18H2,1-2H3. The summed E-state index contributed by atoms with van der Waals surface area (Å²) in [5.74, 6) is 0. The fourth-order valence-electron chi connectivity index (χ4n) is 3.02. The van der Waals surface area contributed by atoms with E-state index in [1.54, 1.807) is 0 Å². The molecule has 0 aliphatic carbocycles. The van der Waals surface area contributed by atoms with Crippen LogP contribution in [-0.2, 0) is 0 Å². The number of aliphatic hydroxyl groups is 2. The third-order valence-electron chi connectivity index (χ3n) is 4.61. The maximum atomic E-state index is 9.89. The summed E-state index contributed by atoms with van der Waals surface area (Å²) >= 11 is 0. The molecule has 0 aromatic heterocycles. The first-order valence-electron chi connectivity index (χ1n) is 10.1. The molecular weight excluding hydrogens is 272 g/mol. The maximum Gasteiger partial charge on any atom is 0.0540 e. The second-order valence-electron chi connectivity index (χ2n) is 7.00. The Balaban J connectivity index is 3.24. The molecule has 2 N–H and O–H groups in total. The first-order chi connectivity index (χ1) is 10.7. The van der Waals surface area contributed by atoms with Gasteiger partial charge in [0.1, 0.15) is 0 Å². The number of rotatable bonds is 17. The molecule has 2 nitrogen and oxygen atoms in total. The van der Waals surface area contributed by atoms with E-state index in [-0.39, 0.29) is 12.2 Å². The van der Waals surface area contributed by atoms with Crippen molar-refractivity contribution in [3.63, 3.8) is 0 Å². The Labute approximate surface area is 139 Å². The Hall–Kier alpha value is -0.0800. The Morgan fingerprint density at radius 1 is 0.455 bits per heavy atom. The molecule has 0 radical (unpaired) electrons. The van der Waals surface area contributed by atoms with Gasteiger partial charge >= 0.3 is 0 Å². The van der Waals surface area contributed by atoms with Gasteiger partial charge in [-0.3, -0.25) is 0 Å². The van der Waals surface area contributed by atoms with E-state index < -0.39 is 0 Å². The first kappa shape index (κ1) is 21.9. The number of hydrogen-bond acceptors (Lipinski definition) is 2. The van der Waals surface area contributed by atoms with Gasteiger partial charge in [-0.05, 0) is 25.7 Å². The monoisotopic (exact) mass is 314 g/mol. The van der Waals surface area contributed by atoms with Crippen LogP contribution in [0.15, 0.2) is 0 Å². The molecule has 2 heteroatoms. The summed E-state index contributed by atoms with van der Waals surface area (Å²) in [6.07, 6.45) is 18.4. The Kier molecular flexibility index (Phi) is 17.2. The fourth-order valence-corrected chi connectivity index (χ4v) is 3.02. The zero-order valence-electron chi connectivity index (χ0n) is 15.4. The lowest BCUT2D eigenvalue weighted by molar-refractivity contribution is 0.142. The minimum atomic E-state index is -0.0824. The van der Waals surface area contributed by atoms with Crippen LogP contribution in [0.25, 0.3) is 0 Å². The minimum absolute atomic E-state index is 0.0824. The largest absolute Gasteiger partial charge is 0.393 e. The van der Waals surface area contributed by atoms with Crippen molar-refractivity contribution in [2.45, 2.75) is 129 Å². The summed E-state index contributed by atoms with van der Waals surface area (Å²) in [4.78, 5) is 0. The SMILES string of the molecule is CCCCCCC(O)CCCCCCC(O)CCCCCC. The van der Waals surface area contributed by atoms with Gasteiger partial charge in [-0.15, -0.1) is 0 Å². The summed E-state index contributed by atoms with van der Waals surface area (Å²) in [7, 11) is 0.